The summed E-state index contributed by atoms with van der Waals surface area (Å²) in [6.45, 7) is 0. The van der Waals surface area contributed by atoms with Gasteiger partial charge in [0, 0.05) is 12.6 Å². The third-order valence-corrected chi connectivity index (χ3v) is 6.73. The van der Waals surface area contributed by atoms with Crippen LogP contribution in [0.5, 0.6) is 5.75 Å². The van der Waals surface area contributed by atoms with E-state index in [2.05, 4.69) is 20.6 Å². The third kappa shape index (κ3) is 5.13. The Hall–Kier alpha value is -4.45. The van der Waals surface area contributed by atoms with Crippen molar-refractivity contribution >= 4 is 38.6 Å². The molecule has 2 amide bonds. The molecule has 12 heteroatoms. The molecule has 0 saturated carbocycles. The summed E-state index contributed by atoms with van der Waals surface area (Å²) in [6, 6.07) is 16.4. The lowest BCUT2D eigenvalue weighted by atomic mass is 10.2. The number of anilines is 1. The topological polar surface area (TPSA) is 131 Å². The van der Waals surface area contributed by atoms with Crippen LogP contribution < -0.4 is 20.3 Å². The second kappa shape index (κ2) is 10.0. The summed E-state index contributed by atoms with van der Waals surface area (Å²) >= 11 is 0. The number of carbonyl (C=O) groups excluding carboxylic acids is 2. The summed E-state index contributed by atoms with van der Waals surface area (Å²) in [6.07, 6.45) is -0.114. The summed E-state index contributed by atoms with van der Waals surface area (Å²) in [5.74, 6) is -1.71. The summed E-state index contributed by atoms with van der Waals surface area (Å²) in [7, 11) is -1.27. The quantitative estimate of drug-likeness (QED) is 0.327. The maximum absolute atomic E-state index is 14.4. The van der Waals surface area contributed by atoms with Crippen LogP contribution in [-0.4, -0.2) is 36.9 Å². The summed E-state index contributed by atoms with van der Waals surface area (Å²) < 4.78 is 49.2. The van der Waals surface area contributed by atoms with Gasteiger partial charge in [-0.25, -0.2) is 17.8 Å². The van der Waals surface area contributed by atoms with E-state index >= 15 is 0 Å². The number of hydrogen-bond donors (Lipinski definition) is 3. The highest BCUT2D eigenvalue weighted by Crippen LogP contribution is 2.27. The molecule has 0 spiro atoms. The predicted octanol–water partition coefficient (Wildman–Crippen LogP) is 2.53. The van der Waals surface area contributed by atoms with Gasteiger partial charge in [-0.15, -0.1) is 0 Å². The fraction of sp³-hybridized carbons (Fsp3) is 0.125. The molecule has 0 bridgehead atoms. The van der Waals surface area contributed by atoms with Crippen LogP contribution in [-0.2, 0) is 28.3 Å². The van der Waals surface area contributed by atoms with E-state index < -0.39 is 32.6 Å². The molecule has 4 aromatic rings. The number of hydrazine groups is 1. The molecule has 0 aliphatic rings. The van der Waals surface area contributed by atoms with Gasteiger partial charge >= 0.3 is 0 Å². The normalized spacial score (nSPS) is 11.2. The Morgan fingerprint density at radius 2 is 1.75 bits per heavy atom. The number of methoxy groups -OCH3 is 1. The minimum atomic E-state index is -4.41. The van der Waals surface area contributed by atoms with E-state index in [1.54, 1.807) is 23.7 Å². The van der Waals surface area contributed by atoms with E-state index in [9.17, 15) is 22.4 Å². The zero-order valence-corrected chi connectivity index (χ0v) is 20.1. The molecule has 0 atom stereocenters. The van der Waals surface area contributed by atoms with Crippen molar-refractivity contribution in [2.45, 2.75) is 11.3 Å². The third-order valence-electron chi connectivity index (χ3n) is 5.35. The molecule has 0 aliphatic carbocycles. The Kier molecular flexibility index (Phi) is 6.88. The molecule has 36 heavy (non-hydrogen) atoms. The number of sulfonamides is 1. The smallest absolute Gasteiger partial charge is 0.269 e. The maximum atomic E-state index is 14.4. The summed E-state index contributed by atoms with van der Waals surface area (Å²) in [5.41, 5.74) is 5.97. The average Bonchev–Trinajstić information content (AvgIpc) is 3.17. The SMILES string of the molecule is COc1ccccc1NS(=O)(=O)c1cc(C(=O)NNC(=O)Cc2nc3ccccc3n2C)ccc1F. The van der Waals surface area contributed by atoms with Crippen molar-refractivity contribution in [1.29, 1.82) is 0 Å². The lowest BCUT2D eigenvalue weighted by Gasteiger charge is -2.13. The number of ether oxygens (including phenoxy) is 1. The van der Waals surface area contributed by atoms with E-state index in [-0.39, 0.29) is 23.4 Å². The molecule has 0 aliphatic heterocycles. The molecule has 186 valence electrons. The maximum Gasteiger partial charge on any atom is 0.269 e. The molecule has 3 N–H and O–H groups in total. The van der Waals surface area contributed by atoms with Crippen molar-refractivity contribution in [3.8, 4) is 5.75 Å². The van der Waals surface area contributed by atoms with Crippen LogP contribution in [0, 0.1) is 5.82 Å². The van der Waals surface area contributed by atoms with Gasteiger partial charge in [0.25, 0.3) is 15.9 Å². The van der Waals surface area contributed by atoms with Gasteiger partial charge in [-0.3, -0.25) is 25.2 Å². The van der Waals surface area contributed by atoms with Crippen molar-refractivity contribution in [2.24, 2.45) is 7.05 Å². The van der Waals surface area contributed by atoms with Gasteiger partial charge in [-0.1, -0.05) is 24.3 Å². The number of rotatable bonds is 7. The van der Waals surface area contributed by atoms with Crippen LogP contribution in [0.4, 0.5) is 10.1 Å². The van der Waals surface area contributed by atoms with Gasteiger partial charge in [0.15, 0.2) is 0 Å². The van der Waals surface area contributed by atoms with Gasteiger partial charge in [0.2, 0.25) is 5.91 Å². The average molecular weight is 512 g/mol. The number of nitrogens with one attached hydrogen (secondary N) is 3. The van der Waals surface area contributed by atoms with E-state index in [0.717, 1.165) is 29.2 Å². The molecular weight excluding hydrogens is 489 g/mol. The molecule has 1 aromatic heterocycles. The second-order valence-corrected chi connectivity index (χ2v) is 9.36. The van der Waals surface area contributed by atoms with Crippen LogP contribution in [0.2, 0.25) is 0 Å². The number of halogens is 1. The van der Waals surface area contributed by atoms with Gasteiger partial charge in [-0.2, -0.15) is 0 Å². The van der Waals surface area contributed by atoms with Crippen LogP contribution in [0.3, 0.4) is 0 Å². The molecule has 0 unspecified atom stereocenters. The lowest BCUT2D eigenvalue weighted by Crippen LogP contribution is -2.42. The number of amides is 2. The minimum Gasteiger partial charge on any atom is -0.495 e. The highest BCUT2D eigenvalue weighted by atomic mass is 32.2. The molecular formula is C24H22FN5O5S. The number of carbonyl (C=O) groups is 2. The first-order valence-electron chi connectivity index (χ1n) is 10.6. The summed E-state index contributed by atoms with van der Waals surface area (Å²) in [4.78, 5) is 28.6. The number of nitrogens with zero attached hydrogens (tertiary/aromatic N) is 2. The zero-order valence-electron chi connectivity index (χ0n) is 19.3. The molecule has 0 fully saturated rings. The highest BCUT2D eigenvalue weighted by molar-refractivity contribution is 7.92. The standard InChI is InChI=1S/C24H22FN5O5S/c1-30-19-9-5-3-7-17(19)26-22(30)14-23(31)27-28-24(32)15-11-12-16(25)21(13-15)36(33,34)29-18-8-4-6-10-20(18)35-2/h3-13,29H,14H2,1-2H3,(H,27,31)(H,28,32). The summed E-state index contributed by atoms with van der Waals surface area (Å²) in [5, 5.41) is 0. The molecule has 4 rings (SSSR count). The largest absolute Gasteiger partial charge is 0.495 e. The van der Waals surface area contributed by atoms with Gasteiger partial charge < -0.3 is 9.30 Å². The van der Waals surface area contributed by atoms with Crippen LogP contribution in [0.15, 0.2) is 71.6 Å². The lowest BCUT2D eigenvalue weighted by molar-refractivity contribution is -0.121. The Morgan fingerprint density at radius 3 is 2.50 bits per heavy atom. The molecule has 1 heterocycles. The number of aryl methyl sites for hydroxylation is 1. The fourth-order valence-corrected chi connectivity index (χ4v) is 4.69. The van der Waals surface area contributed by atoms with E-state index in [0.29, 0.717) is 5.82 Å². The Labute approximate surface area is 206 Å². The second-order valence-electron chi connectivity index (χ2n) is 7.71. The zero-order chi connectivity index (χ0) is 25.9. The van der Waals surface area contributed by atoms with Crippen LogP contribution in [0.25, 0.3) is 11.0 Å². The Bertz CT molecular complexity index is 1570. The first-order chi connectivity index (χ1) is 17.2. The molecule has 10 nitrogen and oxygen atoms in total. The molecule has 3 aromatic carbocycles. The van der Waals surface area contributed by atoms with Gasteiger partial charge in [-0.05, 0) is 42.5 Å². The minimum absolute atomic E-state index is 0.100. The predicted molar refractivity (Wildman–Crippen MR) is 130 cm³/mol. The number of benzene rings is 3. The van der Waals surface area contributed by atoms with E-state index in [1.807, 2.05) is 24.3 Å². The van der Waals surface area contributed by atoms with Crippen molar-refractivity contribution < 1.29 is 27.1 Å². The van der Waals surface area contributed by atoms with Gasteiger partial charge in [0.05, 0.1) is 30.3 Å². The number of hydrogen-bond acceptors (Lipinski definition) is 6. The Balaban J connectivity index is 1.45. The number of imidazole rings is 1. The van der Waals surface area contributed by atoms with Crippen molar-refractivity contribution in [3.63, 3.8) is 0 Å². The Morgan fingerprint density at radius 1 is 1.03 bits per heavy atom. The van der Waals surface area contributed by atoms with E-state index in [4.69, 9.17) is 4.74 Å². The van der Waals surface area contributed by atoms with Crippen molar-refractivity contribution in [3.05, 3.63) is 83.9 Å². The van der Waals surface area contributed by atoms with Gasteiger partial charge in [0.1, 0.15) is 22.3 Å². The molecule has 0 radical (unpaired) electrons. The number of fused-ring (bicyclic) bond motifs is 1. The number of aromatic nitrogens is 2. The molecule has 0 saturated heterocycles. The number of para-hydroxylation sites is 4. The van der Waals surface area contributed by atoms with Crippen molar-refractivity contribution in [1.82, 2.24) is 20.4 Å². The first kappa shape index (κ1) is 24.7. The van der Waals surface area contributed by atoms with Crippen LogP contribution in [0.1, 0.15) is 16.2 Å². The monoisotopic (exact) mass is 511 g/mol. The van der Waals surface area contributed by atoms with Crippen molar-refractivity contribution in [2.75, 3.05) is 11.8 Å². The van der Waals surface area contributed by atoms with E-state index in [1.165, 1.54) is 19.2 Å². The highest BCUT2D eigenvalue weighted by Gasteiger charge is 2.23. The first-order valence-corrected chi connectivity index (χ1v) is 12.1. The fourth-order valence-electron chi connectivity index (χ4n) is 3.52. The van der Waals surface area contributed by atoms with Crippen LogP contribution >= 0.6 is 0 Å².